The van der Waals surface area contributed by atoms with Crippen LogP contribution in [0, 0.1) is 0 Å². The molecule has 13 aliphatic rings. The number of halogens is 4. The fourth-order valence-corrected chi connectivity index (χ4v) is 21.0. The fraction of sp³-hybridized carbons (Fsp3) is 0.366. The number of hydrogen-bond acceptors (Lipinski definition) is 25. The maximum atomic E-state index is 12.3. The number of benzene rings is 7. The third-order valence-corrected chi connectivity index (χ3v) is 28.5. The zero-order valence-corrected chi connectivity index (χ0v) is 85.6. The Kier molecular flexibility index (Phi) is 36.6. The number of anilines is 2. The van der Waals surface area contributed by atoms with Crippen LogP contribution in [0.25, 0.3) is 40.3 Å². The van der Waals surface area contributed by atoms with Crippen molar-refractivity contribution in [2.75, 3.05) is 16.3 Å². The summed E-state index contributed by atoms with van der Waals surface area (Å²) in [5.74, 6) is -5.42. The standard InChI is InChI=1S/C18H19NO4.C17H19NO5S.C16H15BrO3.2C16H15ClO3.C16H16O4.C13H11BrO3/c1-11(20)19-14-9-5-8-13-16(10-15(21)18(22)17(13)14)23-12-6-3-2-4-7-12;1-24(21,22)18-13-9-5-8-12-15(10-14(19)17(20)16(12)13)23-11-6-3-2-4-7-11;17-10-6-7-12-13(8-10)16(19)14(18)9-15(12)20-11-4-2-1-3-5-11;17-12-8-4-7-11-14(9-13(18)16(19)15(11)12)20-10-5-2-1-3-6-10;17-10-6-7-12-13(8-10)16(19)14(18)9-15(12)20-11-4-2-1-3-5-11;17-12-8-4-7-11-14(9-13(18)16(19)15(11)12)20-10-5-2-1-3-6-10;1-7(2)17-13-9-6-4-3-5-8(9)11(15)12(16)10(13)14/h5,8-10,12H,2-4,6-7H2,1H3,(H,19,20);5,8-11,18H,2-4,6-7H2,1H3;6-9,11H,1-5H2;4,7-10H,1-3,5-6H2;6-9,11H,1-5H2;4,7-10,17H,1-3,5-6H2;3-7H,1-2H3. The molecule has 0 bridgehead atoms. The molecule has 3 N–H and O–H groups in total. The van der Waals surface area contributed by atoms with Crippen molar-refractivity contribution in [2.45, 2.75) is 256 Å². The van der Waals surface area contributed by atoms with Crippen LogP contribution >= 0.6 is 55.1 Å². The maximum Gasteiger partial charge on any atom is 0.244 e. The number of allylic oxidation sites excluding steroid dienone is 7. The number of aromatic hydroxyl groups is 1. The molecule has 20 rings (SSSR count). The van der Waals surface area contributed by atoms with Crippen LogP contribution < -0.4 is 10.0 Å². The monoisotopic (exact) mass is 2140 g/mol. The predicted molar refractivity (Wildman–Crippen MR) is 550 cm³/mol. The molecule has 27 nitrogen and oxygen atoms in total. The largest absolute Gasteiger partial charge is 0.507 e. The first-order valence-electron chi connectivity index (χ1n) is 48.9. The van der Waals surface area contributed by atoms with Crippen molar-refractivity contribution in [3.63, 3.8) is 0 Å². The normalized spacial score (nSPS) is 18.7. The third kappa shape index (κ3) is 26.9. The Hall–Kier alpha value is -12.7. The maximum absolute atomic E-state index is 12.3. The van der Waals surface area contributed by atoms with E-state index in [2.05, 4.69) is 41.9 Å². The Labute approximate surface area is 861 Å². The molecular formula is C112H110Br2Cl2N2O25S. The number of hydrogen-bond donors (Lipinski definition) is 3. The van der Waals surface area contributed by atoms with Gasteiger partial charge in [0.1, 0.15) is 50.5 Å². The predicted octanol–water partition coefficient (Wildman–Crippen LogP) is 22.9. The van der Waals surface area contributed by atoms with Crippen LogP contribution in [0.15, 0.2) is 179 Å². The lowest BCUT2D eigenvalue weighted by molar-refractivity contribution is -0.114. The van der Waals surface area contributed by atoms with E-state index in [1.165, 1.54) is 100 Å². The van der Waals surface area contributed by atoms with Crippen LogP contribution in [0.2, 0.25) is 10.0 Å². The quantitative estimate of drug-likeness (QED) is 0.0713. The molecule has 6 saturated carbocycles. The van der Waals surface area contributed by atoms with Gasteiger partial charge in [-0.15, -0.1) is 0 Å². The van der Waals surface area contributed by atoms with Gasteiger partial charge >= 0.3 is 0 Å². The van der Waals surface area contributed by atoms with E-state index in [9.17, 15) is 85.4 Å². The van der Waals surface area contributed by atoms with Crippen LogP contribution in [0.1, 0.15) is 325 Å². The minimum Gasteiger partial charge on any atom is -0.507 e. The Morgan fingerprint density at radius 1 is 0.340 bits per heavy atom. The molecule has 7 aromatic carbocycles. The van der Waals surface area contributed by atoms with E-state index in [4.69, 9.17) is 56.4 Å². The molecule has 0 aliphatic heterocycles. The van der Waals surface area contributed by atoms with E-state index >= 15 is 0 Å². The Bertz CT molecular complexity index is 6440. The average Bonchev–Trinajstić information content (AvgIpc) is 0.761. The first-order valence-corrected chi connectivity index (χ1v) is 53.1. The number of rotatable bonds is 17. The molecule has 13 aliphatic carbocycles. The van der Waals surface area contributed by atoms with Gasteiger partial charge in [0.05, 0.1) is 87.6 Å². The number of sulfonamides is 1. The van der Waals surface area contributed by atoms with Gasteiger partial charge in [-0.25, -0.2) is 8.42 Å². The molecule has 752 valence electrons. The van der Waals surface area contributed by atoms with E-state index < -0.39 is 91.0 Å². The van der Waals surface area contributed by atoms with Gasteiger partial charge in [-0.1, -0.05) is 150 Å². The fourth-order valence-electron chi connectivity index (χ4n) is 19.1. The summed E-state index contributed by atoms with van der Waals surface area (Å²) < 4.78 is 67.8. The van der Waals surface area contributed by atoms with E-state index in [-0.39, 0.29) is 86.8 Å². The molecule has 0 unspecified atom stereocenters. The number of amides is 1. The molecule has 7 aromatic rings. The number of Topliss-reactive ketones (excluding diaryl/α,β-unsaturated/α-hetero) is 8. The average molecular weight is 2150 g/mol. The van der Waals surface area contributed by atoms with Gasteiger partial charge in [-0.2, -0.15) is 0 Å². The van der Waals surface area contributed by atoms with Crippen LogP contribution in [0.3, 0.4) is 0 Å². The lowest BCUT2D eigenvalue weighted by Crippen LogP contribution is -2.25. The summed E-state index contributed by atoms with van der Waals surface area (Å²) in [6.45, 7) is 5.11. The second-order valence-electron chi connectivity index (χ2n) is 37.2. The molecular weight excluding hydrogens is 2040 g/mol. The summed E-state index contributed by atoms with van der Waals surface area (Å²) in [7, 11) is -3.57. The molecule has 1 amide bonds. The summed E-state index contributed by atoms with van der Waals surface area (Å²) in [5, 5.41) is 13.2. The summed E-state index contributed by atoms with van der Waals surface area (Å²) in [5.41, 5.74) is 6.48. The van der Waals surface area contributed by atoms with Gasteiger partial charge in [0.2, 0.25) is 96.9 Å². The zero-order chi connectivity index (χ0) is 103. The van der Waals surface area contributed by atoms with Crippen molar-refractivity contribution in [1.82, 2.24) is 0 Å². The van der Waals surface area contributed by atoms with Crippen molar-refractivity contribution in [3.05, 3.63) is 267 Å². The highest BCUT2D eigenvalue weighted by molar-refractivity contribution is 9.12. The number of carbonyl (C=O) groups is 15. The van der Waals surface area contributed by atoms with Crippen LogP contribution in [0.5, 0.6) is 5.75 Å². The van der Waals surface area contributed by atoms with Gasteiger partial charge in [0.15, 0.2) is 0 Å². The van der Waals surface area contributed by atoms with Crippen molar-refractivity contribution in [2.24, 2.45) is 0 Å². The number of fused-ring (bicyclic) bond motifs is 7. The minimum atomic E-state index is -3.57. The molecule has 6 fully saturated rings. The van der Waals surface area contributed by atoms with Crippen molar-refractivity contribution in [3.8, 4) is 5.75 Å². The number of nitrogens with one attached hydrogen (secondary N) is 2. The topological polar surface area (TPSA) is 399 Å². The molecule has 0 atom stereocenters. The van der Waals surface area contributed by atoms with Crippen molar-refractivity contribution in [1.29, 1.82) is 0 Å². The number of ether oxygens (including phenoxy) is 7. The number of phenols is 1. The van der Waals surface area contributed by atoms with E-state index in [1.54, 1.807) is 97.1 Å². The zero-order valence-electron chi connectivity index (χ0n) is 80.1. The Balaban J connectivity index is 0.000000133. The lowest BCUT2D eigenvalue weighted by Gasteiger charge is -2.27. The number of ketones is 14. The summed E-state index contributed by atoms with van der Waals surface area (Å²) >= 11 is 18.4. The molecule has 0 spiro atoms. The molecule has 0 saturated heterocycles. The molecule has 0 radical (unpaired) electrons. The number of carbonyl (C=O) groups excluding carboxylic acids is 15. The van der Waals surface area contributed by atoms with E-state index in [0.29, 0.717) is 106 Å². The summed E-state index contributed by atoms with van der Waals surface area (Å²) in [4.78, 5) is 178. The SMILES string of the molecule is CC(=O)Nc1cccc2c1C(=O)C(=O)C=C2OC1CCCCC1.CC(C)OC1=C(Br)C(=O)C(=O)c2ccccc21.CS(=O)(=O)Nc1cccc2c1C(=O)C(=O)C=C2OC1CCCCC1.O=C1C=C(OC2CCCCC2)c2ccc(Br)cc2C1=O.O=C1C=C(OC2CCCCC2)c2ccc(Cl)cc2C1=O.O=C1C=C(OC2CCCCC2)c2cccc(Cl)c2C1=O.O=C1C=C(OC2CCCCC2)c2cccc(O)c2C1=O. The van der Waals surface area contributed by atoms with E-state index in [0.717, 1.165) is 170 Å². The smallest absolute Gasteiger partial charge is 0.244 e. The Morgan fingerprint density at radius 3 is 1.04 bits per heavy atom. The molecule has 32 heteroatoms. The summed E-state index contributed by atoms with van der Waals surface area (Å²) in [6.07, 6.45) is 41.8. The van der Waals surface area contributed by atoms with Crippen LogP contribution in [-0.2, 0) is 81.5 Å². The highest BCUT2D eigenvalue weighted by Crippen LogP contribution is 2.43. The first-order chi connectivity index (χ1) is 69.1. The first kappa shape index (κ1) is 107. The van der Waals surface area contributed by atoms with E-state index in [1.807, 2.05) is 32.0 Å². The van der Waals surface area contributed by atoms with Gasteiger partial charge in [0.25, 0.3) is 0 Å². The van der Waals surface area contributed by atoms with Crippen molar-refractivity contribution < 1.29 is 119 Å². The van der Waals surface area contributed by atoms with Gasteiger partial charge in [-0.05, 0) is 245 Å². The second-order valence-corrected chi connectivity index (χ2v) is 41.5. The summed E-state index contributed by atoms with van der Waals surface area (Å²) in [6, 6.07) is 37.1. The molecule has 144 heavy (non-hydrogen) atoms. The highest BCUT2D eigenvalue weighted by atomic mass is 79.9. The lowest BCUT2D eigenvalue weighted by atomic mass is 9.91. The molecule has 0 aromatic heterocycles. The van der Waals surface area contributed by atoms with Gasteiger partial charge in [-0.3, -0.25) is 76.6 Å². The highest BCUT2D eigenvalue weighted by Gasteiger charge is 2.40. The van der Waals surface area contributed by atoms with Gasteiger partial charge in [0, 0.05) is 109 Å². The van der Waals surface area contributed by atoms with Crippen LogP contribution in [0.4, 0.5) is 11.4 Å². The van der Waals surface area contributed by atoms with Crippen molar-refractivity contribution >= 4 is 204 Å². The van der Waals surface area contributed by atoms with Crippen LogP contribution in [-0.4, -0.2) is 149 Å². The second kappa shape index (κ2) is 49.2. The van der Waals surface area contributed by atoms with Gasteiger partial charge < -0.3 is 43.6 Å². The third-order valence-electron chi connectivity index (χ3n) is 26.1. The number of phenolic OH excluding ortho intramolecular Hbond substituents is 1. The molecule has 0 heterocycles. The minimum absolute atomic E-state index is 0.0189. The Morgan fingerprint density at radius 2 is 0.653 bits per heavy atom.